The lowest BCUT2D eigenvalue weighted by molar-refractivity contribution is 0.0951. The Kier molecular flexibility index (Phi) is 3.02. The van der Waals surface area contributed by atoms with E-state index < -0.39 is 0 Å². The van der Waals surface area contributed by atoms with E-state index in [1.807, 2.05) is 6.92 Å². The predicted molar refractivity (Wildman–Crippen MR) is 49.2 cm³/mol. The molecule has 0 saturated heterocycles. The van der Waals surface area contributed by atoms with Gasteiger partial charge >= 0.3 is 0 Å². The van der Waals surface area contributed by atoms with Crippen LogP contribution in [0, 0.1) is 0 Å². The van der Waals surface area contributed by atoms with E-state index in [-0.39, 0.29) is 11.9 Å². The maximum atomic E-state index is 11.3. The lowest BCUT2D eigenvalue weighted by Crippen LogP contribution is -2.34. The van der Waals surface area contributed by atoms with E-state index in [0.717, 1.165) is 0 Å². The quantitative estimate of drug-likeness (QED) is 0.661. The minimum absolute atomic E-state index is 0.0272. The summed E-state index contributed by atoms with van der Waals surface area (Å²) in [6.45, 7) is 2.32. The summed E-state index contributed by atoms with van der Waals surface area (Å²) >= 11 is 0. The summed E-state index contributed by atoms with van der Waals surface area (Å²) in [6.07, 6.45) is 3.19. The lowest BCUT2D eigenvalue weighted by Gasteiger charge is -2.05. The molecule has 0 bridgehead atoms. The van der Waals surface area contributed by atoms with Crippen LogP contribution in [0.1, 0.15) is 17.3 Å². The summed E-state index contributed by atoms with van der Waals surface area (Å²) in [7, 11) is 1.77. The average Bonchev–Trinajstić information content (AvgIpc) is 2.47. The summed E-state index contributed by atoms with van der Waals surface area (Å²) in [4.78, 5) is 11.3. The van der Waals surface area contributed by atoms with E-state index in [1.54, 1.807) is 17.9 Å². The van der Waals surface area contributed by atoms with Gasteiger partial charge in [0.05, 0.1) is 11.8 Å². The number of hydrogen-bond acceptors (Lipinski definition) is 3. The number of carbonyl (C=O) groups is 1. The minimum Gasteiger partial charge on any atom is -0.350 e. The molecule has 13 heavy (non-hydrogen) atoms. The molecule has 1 unspecified atom stereocenters. The largest absolute Gasteiger partial charge is 0.350 e. The monoisotopic (exact) mass is 182 g/mol. The van der Waals surface area contributed by atoms with Crippen LogP contribution in [0.2, 0.25) is 0 Å². The molecule has 1 atom stereocenters. The van der Waals surface area contributed by atoms with Crippen molar-refractivity contribution in [2.45, 2.75) is 13.0 Å². The van der Waals surface area contributed by atoms with Crippen LogP contribution in [0.3, 0.4) is 0 Å². The number of nitrogens with one attached hydrogen (secondary N) is 1. The van der Waals surface area contributed by atoms with Crippen LogP contribution in [-0.2, 0) is 7.05 Å². The van der Waals surface area contributed by atoms with E-state index in [1.165, 1.54) is 6.20 Å². The maximum Gasteiger partial charge on any atom is 0.254 e. The molecular formula is C8H14N4O. The highest BCUT2D eigenvalue weighted by Crippen LogP contribution is 1.94. The Morgan fingerprint density at radius 2 is 2.54 bits per heavy atom. The number of aryl methyl sites for hydroxylation is 1. The van der Waals surface area contributed by atoms with E-state index in [0.29, 0.717) is 12.1 Å². The van der Waals surface area contributed by atoms with Crippen molar-refractivity contribution in [2.75, 3.05) is 6.54 Å². The van der Waals surface area contributed by atoms with Gasteiger partial charge in [-0.2, -0.15) is 5.10 Å². The highest BCUT2D eigenvalue weighted by molar-refractivity contribution is 5.93. The van der Waals surface area contributed by atoms with Crippen molar-refractivity contribution >= 4 is 5.91 Å². The molecule has 1 heterocycles. The van der Waals surface area contributed by atoms with Gasteiger partial charge in [-0.1, -0.05) is 0 Å². The Bertz CT molecular complexity index is 292. The summed E-state index contributed by atoms with van der Waals surface area (Å²) < 4.78 is 1.58. The molecule has 0 fully saturated rings. The molecule has 5 nitrogen and oxygen atoms in total. The molecule has 0 spiro atoms. The predicted octanol–water partition coefficient (Wildman–Crippen LogP) is -0.503. The number of aromatic nitrogens is 2. The molecule has 0 radical (unpaired) electrons. The molecule has 0 aromatic carbocycles. The third-order valence-corrected chi connectivity index (χ3v) is 1.55. The minimum atomic E-state index is -0.134. The first-order chi connectivity index (χ1) is 6.09. The standard InChI is InChI=1S/C8H14N4O/c1-6(9)3-10-8(13)7-4-11-12(2)5-7/h4-6H,3,9H2,1-2H3,(H,10,13). The van der Waals surface area contributed by atoms with E-state index in [2.05, 4.69) is 10.4 Å². The summed E-state index contributed by atoms with van der Waals surface area (Å²) in [5.74, 6) is -0.134. The van der Waals surface area contributed by atoms with Gasteiger partial charge in [0, 0.05) is 25.8 Å². The first-order valence-electron chi connectivity index (χ1n) is 4.12. The van der Waals surface area contributed by atoms with Crippen LogP contribution >= 0.6 is 0 Å². The van der Waals surface area contributed by atoms with E-state index in [9.17, 15) is 4.79 Å². The normalized spacial score (nSPS) is 12.5. The van der Waals surface area contributed by atoms with Gasteiger partial charge in [0.2, 0.25) is 0 Å². The molecule has 1 aromatic heterocycles. The average molecular weight is 182 g/mol. The van der Waals surface area contributed by atoms with Gasteiger partial charge in [0.1, 0.15) is 0 Å². The van der Waals surface area contributed by atoms with Crippen molar-refractivity contribution in [3.05, 3.63) is 18.0 Å². The van der Waals surface area contributed by atoms with Crippen molar-refractivity contribution in [2.24, 2.45) is 12.8 Å². The van der Waals surface area contributed by atoms with Crippen molar-refractivity contribution in [1.29, 1.82) is 0 Å². The topological polar surface area (TPSA) is 72.9 Å². The third-order valence-electron chi connectivity index (χ3n) is 1.55. The molecule has 5 heteroatoms. The van der Waals surface area contributed by atoms with Crippen LogP contribution < -0.4 is 11.1 Å². The van der Waals surface area contributed by atoms with Crippen LogP contribution in [-0.4, -0.2) is 28.3 Å². The molecule has 1 amide bonds. The van der Waals surface area contributed by atoms with Crippen LogP contribution in [0.25, 0.3) is 0 Å². The van der Waals surface area contributed by atoms with Crippen LogP contribution in [0.15, 0.2) is 12.4 Å². The second-order valence-corrected chi connectivity index (χ2v) is 3.09. The second kappa shape index (κ2) is 4.04. The van der Waals surface area contributed by atoms with Gasteiger partial charge in [0.15, 0.2) is 0 Å². The zero-order valence-electron chi connectivity index (χ0n) is 7.82. The van der Waals surface area contributed by atoms with Gasteiger partial charge in [-0.3, -0.25) is 9.48 Å². The summed E-state index contributed by atoms with van der Waals surface area (Å²) in [5.41, 5.74) is 6.05. The Balaban J connectivity index is 2.49. The van der Waals surface area contributed by atoms with Crippen LogP contribution in [0.4, 0.5) is 0 Å². The lowest BCUT2D eigenvalue weighted by atomic mass is 10.3. The highest BCUT2D eigenvalue weighted by Gasteiger charge is 2.06. The van der Waals surface area contributed by atoms with Crippen molar-refractivity contribution in [3.63, 3.8) is 0 Å². The number of nitrogens with zero attached hydrogens (tertiary/aromatic N) is 2. The number of rotatable bonds is 3. The first-order valence-corrected chi connectivity index (χ1v) is 4.12. The highest BCUT2D eigenvalue weighted by atomic mass is 16.1. The van der Waals surface area contributed by atoms with Gasteiger partial charge in [-0.15, -0.1) is 0 Å². The Labute approximate surface area is 76.9 Å². The zero-order chi connectivity index (χ0) is 9.84. The third kappa shape index (κ3) is 2.87. The fourth-order valence-corrected chi connectivity index (χ4v) is 0.894. The molecule has 0 saturated carbocycles. The molecule has 0 aliphatic heterocycles. The fraction of sp³-hybridized carbons (Fsp3) is 0.500. The van der Waals surface area contributed by atoms with Crippen molar-refractivity contribution in [1.82, 2.24) is 15.1 Å². The number of carbonyl (C=O) groups excluding carboxylic acids is 1. The fourth-order valence-electron chi connectivity index (χ4n) is 0.894. The summed E-state index contributed by atoms with van der Waals surface area (Å²) in [5, 5.41) is 6.58. The first kappa shape index (κ1) is 9.73. The molecule has 3 N–H and O–H groups in total. The zero-order valence-corrected chi connectivity index (χ0v) is 7.82. The van der Waals surface area contributed by atoms with Crippen molar-refractivity contribution in [3.8, 4) is 0 Å². The van der Waals surface area contributed by atoms with Gasteiger partial charge < -0.3 is 11.1 Å². The molecule has 0 aliphatic rings. The molecular weight excluding hydrogens is 168 g/mol. The smallest absolute Gasteiger partial charge is 0.254 e. The second-order valence-electron chi connectivity index (χ2n) is 3.09. The van der Waals surface area contributed by atoms with E-state index in [4.69, 9.17) is 5.73 Å². The SMILES string of the molecule is CC(N)CNC(=O)c1cnn(C)c1. The molecule has 1 rings (SSSR count). The maximum absolute atomic E-state index is 11.3. The van der Waals surface area contributed by atoms with Gasteiger partial charge in [-0.05, 0) is 6.92 Å². The summed E-state index contributed by atoms with van der Waals surface area (Å²) in [6, 6.07) is -0.0272. The van der Waals surface area contributed by atoms with Crippen LogP contribution in [0.5, 0.6) is 0 Å². The van der Waals surface area contributed by atoms with Gasteiger partial charge in [-0.25, -0.2) is 0 Å². The number of nitrogens with two attached hydrogens (primary N) is 1. The molecule has 72 valence electrons. The van der Waals surface area contributed by atoms with Crippen molar-refractivity contribution < 1.29 is 4.79 Å². The Morgan fingerprint density at radius 3 is 3.00 bits per heavy atom. The van der Waals surface area contributed by atoms with E-state index >= 15 is 0 Å². The molecule has 0 aliphatic carbocycles. The number of amides is 1. The number of hydrogen-bond donors (Lipinski definition) is 2. The van der Waals surface area contributed by atoms with Gasteiger partial charge in [0.25, 0.3) is 5.91 Å². The Hall–Kier alpha value is -1.36. The molecule has 1 aromatic rings. The Morgan fingerprint density at radius 1 is 1.85 bits per heavy atom.